The SMILES string of the molecule is Fc1cc(OCc2ccccc2)ccc1CBr. The molecule has 0 bridgehead atoms. The summed E-state index contributed by atoms with van der Waals surface area (Å²) >= 11 is 3.23. The van der Waals surface area contributed by atoms with Crippen LogP contribution in [0.3, 0.4) is 0 Å². The second-order valence-electron chi connectivity index (χ2n) is 3.66. The van der Waals surface area contributed by atoms with E-state index >= 15 is 0 Å². The summed E-state index contributed by atoms with van der Waals surface area (Å²) in [6.07, 6.45) is 0. The molecule has 0 fully saturated rings. The van der Waals surface area contributed by atoms with E-state index in [1.165, 1.54) is 6.07 Å². The zero-order chi connectivity index (χ0) is 12.1. The summed E-state index contributed by atoms with van der Waals surface area (Å²) in [6.45, 7) is 0.452. The van der Waals surface area contributed by atoms with Crippen LogP contribution in [0.15, 0.2) is 48.5 Å². The Morgan fingerprint density at radius 3 is 2.47 bits per heavy atom. The van der Waals surface area contributed by atoms with Crippen molar-refractivity contribution in [3.8, 4) is 5.75 Å². The van der Waals surface area contributed by atoms with Crippen molar-refractivity contribution in [2.24, 2.45) is 0 Å². The Morgan fingerprint density at radius 1 is 1.06 bits per heavy atom. The molecule has 0 radical (unpaired) electrons. The van der Waals surface area contributed by atoms with Crippen LogP contribution in [0, 0.1) is 5.82 Å². The molecule has 0 aliphatic rings. The first-order valence-electron chi connectivity index (χ1n) is 5.30. The third-order valence-corrected chi connectivity index (χ3v) is 3.02. The molecule has 88 valence electrons. The van der Waals surface area contributed by atoms with Crippen molar-refractivity contribution in [2.75, 3.05) is 0 Å². The maximum Gasteiger partial charge on any atom is 0.130 e. The van der Waals surface area contributed by atoms with Crippen LogP contribution in [0.5, 0.6) is 5.75 Å². The molecule has 2 rings (SSSR count). The number of rotatable bonds is 4. The maximum atomic E-state index is 13.5. The first-order chi connectivity index (χ1) is 8.29. The quantitative estimate of drug-likeness (QED) is 0.764. The van der Waals surface area contributed by atoms with Gasteiger partial charge in [-0.05, 0) is 17.2 Å². The number of ether oxygens (including phenoxy) is 1. The molecule has 3 heteroatoms. The van der Waals surface area contributed by atoms with E-state index < -0.39 is 0 Å². The van der Waals surface area contributed by atoms with Gasteiger partial charge in [-0.1, -0.05) is 52.3 Å². The summed E-state index contributed by atoms with van der Waals surface area (Å²) in [4.78, 5) is 0. The molecule has 0 aromatic heterocycles. The summed E-state index contributed by atoms with van der Waals surface area (Å²) in [7, 11) is 0. The Labute approximate surface area is 108 Å². The van der Waals surface area contributed by atoms with E-state index in [-0.39, 0.29) is 5.82 Å². The molecule has 1 nitrogen and oxygen atoms in total. The van der Waals surface area contributed by atoms with Crippen LogP contribution in [-0.4, -0.2) is 0 Å². The molecule has 0 N–H and O–H groups in total. The van der Waals surface area contributed by atoms with Crippen molar-refractivity contribution in [3.05, 3.63) is 65.5 Å². The van der Waals surface area contributed by atoms with Crippen molar-refractivity contribution in [3.63, 3.8) is 0 Å². The average Bonchev–Trinajstić information content (AvgIpc) is 2.38. The van der Waals surface area contributed by atoms with Gasteiger partial charge in [-0.15, -0.1) is 0 Å². The minimum Gasteiger partial charge on any atom is -0.489 e. The highest BCUT2D eigenvalue weighted by Gasteiger charge is 2.03. The lowest BCUT2D eigenvalue weighted by Crippen LogP contribution is -1.96. The minimum atomic E-state index is -0.243. The Hall–Kier alpha value is -1.35. The summed E-state index contributed by atoms with van der Waals surface area (Å²) < 4.78 is 19.0. The molecule has 0 atom stereocenters. The number of hydrogen-bond donors (Lipinski definition) is 0. The number of alkyl halides is 1. The molecule has 0 aliphatic heterocycles. The van der Waals surface area contributed by atoms with Crippen LogP contribution in [0.2, 0.25) is 0 Å². The van der Waals surface area contributed by atoms with E-state index in [4.69, 9.17) is 4.74 Å². The zero-order valence-corrected chi connectivity index (χ0v) is 10.8. The minimum absolute atomic E-state index is 0.243. The molecule has 0 spiro atoms. The van der Waals surface area contributed by atoms with Crippen LogP contribution in [0.25, 0.3) is 0 Å². The fourth-order valence-electron chi connectivity index (χ4n) is 1.47. The van der Waals surface area contributed by atoms with Gasteiger partial charge in [-0.3, -0.25) is 0 Å². The average molecular weight is 295 g/mol. The lowest BCUT2D eigenvalue weighted by molar-refractivity contribution is 0.304. The van der Waals surface area contributed by atoms with E-state index in [0.717, 1.165) is 5.56 Å². The third kappa shape index (κ3) is 3.30. The zero-order valence-electron chi connectivity index (χ0n) is 9.20. The molecule has 0 unspecified atom stereocenters. The van der Waals surface area contributed by atoms with Gasteiger partial charge in [-0.25, -0.2) is 4.39 Å². The van der Waals surface area contributed by atoms with Gasteiger partial charge in [0.2, 0.25) is 0 Å². The second kappa shape index (κ2) is 5.82. The van der Waals surface area contributed by atoms with Crippen molar-refractivity contribution in [1.82, 2.24) is 0 Å². The van der Waals surface area contributed by atoms with Crippen molar-refractivity contribution in [2.45, 2.75) is 11.9 Å². The second-order valence-corrected chi connectivity index (χ2v) is 4.22. The summed E-state index contributed by atoms with van der Waals surface area (Å²) in [5, 5.41) is 0.512. The van der Waals surface area contributed by atoms with E-state index in [0.29, 0.717) is 23.2 Å². The third-order valence-electron chi connectivity index (χ3n) is 2.42. The fourth-order valence-corrected chi connectivity index (χ4v) is 1.92. The highest BCUT2D eigenvalue weighted by Crippen LogP contribution is 2.19. The van der Waals surface area contributed by atoms with E-state index in [1.54, 1.807) is 12.1 Å². The topological polar surface area (TPSA) is 9.23 Å². The van der Waals surface area contributed by atoms with E-state index in [9.17, 15) is 4.39 Å². The van der Waals surface area contributed by atoms with E-state index in [1.807, 2.05) is 30.3 Å². The molecule has 0 heterocycles. The molecule has 0 saturated heterocycles. The predicted octanol–water partition coefficient (Wildman–Crippen LogP) is 4.30. The lowest BCUT2D eigenvalue weighted by atomic mass is 10.2. The highest BCUT2D eigenvalue weighted by molar-refractivity contribution is 9.08. The molecule has 17 heavy (non-hydrogen) atoms. The highest BCUT2D eigenvalue weighted by atomic mass is 79.9. The molecule has 0 saturated carbocycles. The van der Waals surface area contributed by atoms with Gasteiger partial charge in [0.1, 0.15) is 18.2 Å². The summed E-state index contributed by atoms with van der Waals surface area (Å²) in [5.74, 6) is 0.309. The number of benzene rings is 2. The predicted molar refractivity (Wildman–Crippen MR) is 69.8 cm³/mol. The molecule has 0 amide bonds. The van der Waals surface area contributed by atoms with Gasteiger partial charge in [0.15, 0.2) is 0 Å². The monoisotopic (exact) mass is 294 g/mol. The summed E-state index contributed by atoms with van der Waals surface area (Å²) in [6, 6.07) is 14.7. The fraction of sp³-hybridized carbons (Fsp3) is 0.143. The Balaban J connectivity index is 2.02. The van der Waals surface area contributed by atoms with E-state index in [2.05, 4.69) is 15.9 Å². The molecule has 2 aromatic rings. The number of hydrogen-bond acceptors (Lipinski definition) is 1. The van der Waals surface area contributed by atoms with Crippen LogP contribution < -0.4 is 4.74 Å². The first-order valence-corrected chi connectivity index (χ1v) is 6.43. The number of halogens is 2. The van der Waals surface area contributed by atoms with Crippen LogP contribution in [0.4, 0.5) is 4.39 Å². The smallest absolute Gasteiger partial charge is 0.130 e. The van der Waals surface area contributed by atoms with Crippen molar-refractivity contribution >= 4 is 15.9 Å². The Morgan fingerprint density at radius 2 is 1.82 bits per heavy atom. The Bertz CT molecular complexity index is 485. The molecule has 2 aromatic carbocycles. The van der Waals surface area contributed by atoms with Crippen LogP contribution >= 0.6 is 15.9 Å². The normalized spacial score (nSPS) is 10.2. The summed E-state index contributed by atoms with van der Waals surface area (Å²) in [5.41, 5.74) is 1.70. The van der Waals surface area contributed by atoms with Gasteiger partial charge in [0.25, 0.3) is 0 Å². The van der Waals surface area contributed by atoms with Gasteiger partial charge >= 0.3 is 0 Å². The van der Waals surface area contributed by atoms with Crippen molar-refractivity contribution < 1.29 is 9.13 Å². The standard InChI is InChI=1S/C14H12BrFO/c15-9-12-6-7-13(8-14(12)16)17-10-11-4-2-1-3-5-11/h1-8H,9-10H2. The van der Waals surface area contributed by atoms with Gasteiger partial charge in [-0.2, -0.15) is 0 Å². The largest absolute Gasteiger partial charge is 0.489 e. The first kappa shape index (κ1) is 12.1. The van der Waals surface area contributed by atoms with Gasteiger partial charge < -0.3 is 4.74 Å². The van der Waals surface area contributed by atoms with Gasteiger partial charge in [0, 0.05) is 11.4 Å². The molecular weight excluding hydrogens is 283 g/mol. The van der Waals surface area contributed by atoms with Crippen LogP contribution in [0.1, 0.15) is 11.1 Å². The van der Waals surface area contributed by atoms with Gasteiger partial charge in [0.05, 0.1) is 0 Å². The Kier molecular flexibility index (Phi) is 4.15. The van der Waals surface area contributed by atoms with Crippen LogP contribution in [-0.2, 0) is 11.9 Å². The van der Waals surface area contributed by atoms with Crippen molar-refractivity contribution in [1.29, 1.82) is 0 Å². The maximum absolute atomic E-state index is 13.5. The molecular formula is C14H12BrFO. The lowest BCUT2D eigenvalue weighted by Gasteiger charge is -2.07. The molecule has 0 aliphatic carbocycles.